The van der Waals surface area contributed by atoms with E-state index < -0.39 is 11.7 Å². The highest BCUT2D eigenvalue weighted by molar-refractivity contribution is 5.31. The zero-order chi connectivity index (χ0) is 14.2. The van der Waals surface area contributed by atoms with Gasteiger partial charge in [-0.1, -0.05) is 52.8 Å². The van der Waals surface area contributed by atoms with E-state index in [2.05, 4.69) is 20.8 Å². The molecule has 18 heavy (non-hydrogen) atoms. The molecule has 0 saturated heterocycles. The highest BCUT2D eigenvalue weighted by atomic mass is 19.4. The quantitative estimate of drug-likeness (QED) is 0.664. The fourth-order valence-electron chi connectivity index (χ4n) is 2.54. The lowest BCUT2D eigenvalue weighted by Gasteiger charge is -2.33. The average molecular weight is 258 g/mol. The van der Waals surface area contributed by atoms with Crippen LogP contribution >= 0.6 is 0 Å². The minimum Gasteiger partial charge on any atom is -0.166 e. The molecular formula is C15H21F3. The topological polar surface area (TPSA) is 0 Å². The predicted molar refractivity (Wildman–Crippen MR) is 68.5 cm³/mol. The van der Waals surface area contributed by atoms with Crippen LogP contribution in [-0.2, 0) is 11.6 Å². The lowest BCUT2D eigenvalue weighted by Crippen LogP contribution is -2.25. The second-order valence-corrected chi connectivity index (χ2v) is 6.70. The predicted octanol–water partition coefficient (Wildman–Crippen LogP) is 5.42. The first-order valence-corrected chi connectivity index (χ1v) is 6.10. The van der Waals surface area contributed by atoms with Gasteiger partial charge in [0, 0.05) is 0 Å². The van der Waals surface area contributed by atoms with Crippen LogP contribution in [0.5, 0.6) is 0 Å². The van der Waals surface area contributed by atoms with Gasteiger partial charge in [0.05, 0.1) is 5.56 Å². The molecule has 0 aliphatic rings. The summed E-state index contributed by atoms with van der Waals surface area (Å²) < 4.78 is 38.1. The zero-order valence-electron chi connectivity index (χ0n) is 11.7. The minimum atomic E-state index is -4.27. The van der Waals surface area contributed by atoms with Crippen LogP contribution in [0.15, 0.2) is 24.3 Å². The molecule has 0 bridgehead atoms. The summed E-state index contributed by atoms with van der Waals surface area (Å²) in [7, 11) is 0. The summed E-state index contributed by atoms with van der Waals surface area (Å²) in [6.45, 7) is 10.3. The zero-order valence-corrected chi connectivity index (χ0v) is 11.7. The van der Waals surface area contributed by atoms with Crippen molar-refractivity contribution in [3.05, 3.63) is 35.4 Å². The van der Waals surface area contributed by atoms with E-state index in [0.717, 1.165) is 18.1 Å². The molecular weight excluding hydrogens is 237 g/mol. The molecule has 0 atom stereocenters. The van der Waals surface area contributed by atoms with Crippen molar-refractivity contribution in [2.75, 3.05) is 0 Å². The van der Waals surface area contributed by atoms with Gasteiger partial charge in [-0.05, 0) is 28.9 Å². The van der Waals surface area contributed by atoms with Crippen molar-refractivity contribution < 1.29 is 13.2 Å². The molecule has 0 spiro atoms. The Morgan fingerprint density at radius 2 is 1.39 bits per heavy atom. The fraction of sp³-hybridized carbons (Fsp3) is 0.600. The summed E-state index contributed by atoms with van der Waals surface area (Å²) in [4.78, 5) is 0. The van der Waals surface area contributed by atoms with Crippen LogP contribution in [0.1, 0.15) is 52.2 Å². The molecule has 0 nitrogen and oxygen atoms in total. The molecule has 0 heterocycles. The van der Waals surface area contributed by atoms with Crippen LogP contribution in [0.4, 0.5) is 13.2 Å². The Morgan fingerprint density at radius 3 is 1.83 bits per heavy atom. The van der Waals surface area contributed by atoms with Gasteiger partial charge >= 0.3 is 6.18 Å². The lowest BCUT2D eigenvalue weighted by atomic mass is 9.72. The Bertz CT molecular complexity index is 408. The second kappa shape index (κ2) is 4.60. The summed E-state index contributed by atoms with van der Waals surface area (Å²) in [5.41, 5.74) is -0.00807. The fourth-order valence-corrected chi connectivity index (χ4v) is 2.54. The van der Waals surface area contributed by atoms with Crippen molar-refractivity contribution >= 4 is 0 Å². The van der Waals surface area contributed by atoms with E-state index in [-0.39, 0.29) is 10.8 Å². The van der Waals surface area contributed by atoms with Gasteiger partial charge in [0.2, 0.25) is 0 Å². The van der Waals surface area contributed by atoms with Crippen molar-refractivity contribution in [2.24, 2.45) is 5.41 Å². The largest absolute Gasteiger partial charge is 0.416 e. The van der Waals surface area contributed by atoms with Gasteiger partial charge in [-0.3, -0.25) is 0 Å². The molecule has 0 saturated carbocycles. The average Bonchev–Trinajstić information content (AvgIpc) is 2.13. The third-order valence-corrected chi connectivity index (χ3v) is 2.94. The summed E-state index contributed by atoms with van der Waals surface area (Å²) in [6.07, 6.45) is -3.44. The first-order chi connectivity index (χ1) is 7.92. The third kappa shape index (κ3) is 4.04. The van der Waals surface area contributed by atoms with E-state index in [1.807, 2.05) is 13.8 Å². The lowest BCUT2D eigenvalue weighted by molar-refractivity contribution is -0.137. The Balaban J connectivity index is 3.10. The molecule has 0 radical (unpaired) electrons. The van der Waals surface area contributed by atoms with Crippen LogP contribution < -0.4 is 0 Å². The molecule has 0 aliphatic carbocycles. The standard InChI is InChI=1S/C15H21F3/c1-13(2,3)10-14(4,5)11-7-6-8-12(9-11)15(16,17)18/h6-9H,10H2,1-5H3. The van der Waals surface area contributed by atoms with Gasteiger partial charge < -0.3 is 0 Å². The van der Waals surface area contributed by atoms with Crippen molar-refractivity contribution in [3.8, 4) is 0 Å². The van der Waals surface area contributed by atoms with E-state index in [0.29, 0.717) is 0 Å². The maximum atomic E-state index is 12.7. The Morgan fingerprint density at radius 1 is 0.889 bits per heavy atom. The van der Waals surface area contributed by atoms with Gasteiger partial charge in [-0.15, -0.1) is 0 Å². The summed E-state index contributed by atoms with van der Waals surface area (Å²) >= 11 is 0. The molecule has 3 heteroatoms. The minimum absolute atomic E-state index is 0.0811. The van der Waals surface area contributed by atoms with Crippen molar-refractivity contribution in [1.82, 2.24) is 0 Å². The highest BCUT2D eigenvalue weighted by Gasteiger charge is 2.33. The van der Waals surface area contributed by atoms with Crippen molar-refractivity contribution in [1.29, 1.82) is 0 Å². The monoisotopic (exact) mass is 258 g/mol. The number of halogens is 3. The molecule has 1 aromatic rings. The number of hydrogen-bond acceptors (Lipinski definition) is 0. The summed E-state index contributed by atoms with van der Waals surface area (Å²) in [5, 5.41) is 0. The molecule has 0 aliphatic heterocycles. The number of benzene rings is 1. The van der Waals surface area contributed by atoms with Gasteiger partial charge in [0.25, 0.3) is 0 Å². The number of rotatable bonds is 2. The highest BCUT2D eigenvalue weighted by Crippen LogP contribution is 2.38. The van der Waals surface area contributed by atoms with E-state index in [9.17, 15) is 13.2 Å². The number of alkyl halides is 3. The first-order valence-electron chi connectivity index (χ1n) is 6.10. The molecule has 0 unspecified atom stereocenters. The smallest absolute Gasteiger partial charge is 0.166 e. The Kier molecular flexibility index (Phi) is 3.85. The van der Waals surface area contributed by atoms with Gasteiger partial charge in [-0.25, -0.2) is 0 Å². The normalized spacial score (nSPS) is 13.8. The van der Waals surface area contributed by atoms with Crippen LogP contribution in [0, 0.1) is 5.41 Å². The Hall–Kier alpha value is -0.990. The van der Waals surface area contributed by atoms with E-state index in [4.69, 9.17) is 0 Å². The third-order valence-electron chi connectivity index (χ3n) is 2.94. The summed E-state index contributed by atoms with van der Waals surface area (Å²) in [6, 6.07) is 5.66. The number of hydrogen-bond donors (Lipinski definition) is 0. The van der Waals surface area contributed by atoms with Gasteiger partial charge in [0.1, 0.15) is 0 Å². The molecule has 1 aromatic carbocycles. The van der Waals surface area contributed by atoms with Crippen LogP contribution in [-0.4, -0.2) is 0 Å². The van der Waals surface area contributed by atoms with Gasteiger partial charge in [-0.2, -0.15) is 13.2 Å². The van der Waals surface area contributed by atoms with Crippen LogP contribution in [0.3, 0.4) is 0 Å². The molecule has 0 N–H and O–H groups in total. The molecule has 0 amide bonds. The first kappa shape index (κ1) is 15.1. The maximum Gasteiger partial charge on any atom is 0.416 e. The Labute approximate surface area is 107 Å². The van der Waals surface area contributed by atoms with E-state index >= 15 is 0 Å². The molecule has 0 aromatic heterocycles. The maximum absolute atomic E-state index is 12.7. The SMILES string of the molecule is CC(C)(C)CC(C)(C)c1cccc(C(F)(F)F)c1. The molecule has 0 fully saturated rings. The molecule has 1 rings (SSSR count). The van der Waals surface area contributed by atoms with Crippen molar-refractivity contribution in [3.63, 3.8) is 0 Å². The van der Waals surface area contributed by atoms with Crippen LogP contribution in [0.25, 0.3) is 0 Å². The van der Waals surface area contributed by atoms with Gasteiger partial charge in [0.15, 0.2) is 0 Å². The van der Waals surface area contributed by atoms with Crippen molar-refractivity contribution in [2.45, 2.75) is 52.6 Å². The van der Waals surface area contributed by atoms with E-state index in [1.54, 1.807) is 6.07 Å². The molecule has 102 valence electrons. The van der Waals surface area contributed by atoms with Crippen LogP contribution in [0.2, 0.25) is 0 Å². The summed E-state index contributed by atoms with van der Waals surface area (Å²) in [5.74, 6) is 0. The van der Waals surface area contributed by atoms with E-state index in [1.165, 1.54) is 12.1 Å². The second-order valence-electron chi connectivity index (χ2n) is 6.70.